The Hall–Kier alpha value is -2.90. The number of nitrogens with one attached hydrogen (secondary N) is 1. The predicted octanol–water partition coefficient (Wildman–Crippen LogP) is 4.20. The van der Waals surface area contributed by atoms with E-state index in [0.717, 1.165) is 17.0 Å². The first-order valence-corrected chi connectivity index (χ1v) is 8.23. The summed E-state index contributed by atoms with van der Waals surface area (Å²) in [6, 6.07) is 8.94. The van der Waals surface area contributed by atoms with E-state index in [1.54, 1.807) is 6.92 Å². The number of benzene rings is 2. The van der Waals surface area contributed by atoms with Gasteiger partial charge in [-0.1, -0.05) is 31.2 Å². The molecule has 1 aliphatic rings. The Balaban J connectivity index is 1.91. The van der Waals surface area contributed by atoms with Gasteiger partial charge < -0.3 is 5.32 Å². The molecule has 27 heavy (non-hydrogen) atoms. The van der Waals surface area contributed by atoms with Crippen molar-refractivity contribution in [2.45, 2.75) is 31.6 Å². The molecule has 3 amide bonds. The van der Waals surface area contributed by atoms with Crippen LogP contribution in [0.5, 0.6) is 0 Å². The van der Waals surface area contributed by atoms with Crippen LogP contribution < -0.4 is 5.32 Å². The first-order valence-electron chi connectivity index (χ1n) is 8.23. The van der Waals surface area contributed by atoms with Gasteiger partial charge in [0.25, 0.3) is 5.91 Å². The number of imide groups is 1. The normalized spacial score (nSPS) is 20.1. The molecule has 142 valence electrons. The van der Waals surface area contributed by atoms with Gasteiger partial charge in [0.2, 0.25) is 0 Å². The average Bonchev–Trinajstić information content (AvgIpc) is 2.87. The zero-order chi connectivity index (χ0) is 19.8. The van der Waals surface area contributed by atoms with Gasteiger partial charge >= 0.3 is 12.2 Å². The predicted molar refractivity (Wildman–Crippen MR) is 88.9 cm³/mol. The molecule has 1 fully saturated rings. The number of nitrogens with zero attached hydrogens (tertiary/aromatic N) is 1. The standard InChI is InChI=1S/C19H16F4N2O2/c1-2-18(13-6-8-15(20)9-7-13)16(26)25(17(27)24-18)11-12-4-3-5-14(10-12)19(21,22)23/h3-10H,2,11H2,1H3,(H,24,27)/t18-/m1/s1. The van der Waals surface area contributed by atoms with Crippen LogP contribution >= 0.6 is 0 Å². The summed E-state index contributed by atoms with van der Waals surface area (Å²) in [5.74, 6) is -1.07. The highest BCUT2D eigenvalue weighted by atomic mass is 19.4. The Morgan fingerprint density at radius 1 is 1.07 bits per heavy atom. The molecule has 1 N–H and O–H groups in total. The van der Waals surface area contributed by atoms with E-state index >= 15 is 0 Å². The van der Waals surface area contributed by atoms with Gasteiger partial charge in [-0.2, -0.15) is 13.2 Å². The minimum absolute atomic E-state index is 0.180. The van der Waals surface area contributed by atoms with Crippen molar-refractivity contribution in [2.75, 3.05) is 0 Å². The van der Waals surface area contributed by atoms with Gasteiger partial charge in [0.1, 0.15) is 11.4 Å². The maximum absolute atomic E-state index is 13.2. The number of alkyl halides is 3. The molecule has 3 rings (SSSR count). The molecule has 1 atom stereocenters. The van der Waals surface area contributed by atoms with E-state index in [-0.39, 0.29) is 18.5 Å². The van der Waals surface area contributed by atoms with Crippen LogP contribution in [-0.2, 0) is 23.1 Å². The van der Waals surface area contributed by atoms with Crippen LogP contribution in [0.15, 0.2) is 48.5 Å². The van der Waals surface area contributed by atoms with E-state index in [0.29, 0.717) is 5.56 Å². The lowest BCUT2D eigenvalue weighted by Crippen LogP contribution is -2.43. The number of carbonyl (C=O) groups excluding carboxylic acids is 2. The van der Waals surface area contributed by atoms with E-state index in [1.807, 2.05) is 0 Å². The molecule has 0 bridgehead atoms. The van der Waals surface area contributed by atoms with Crippen LogP contribution in [0.25, 0.3) is 0 Å². The van der Waals surface area contributed by atoms with Gasteiger partial charge in [-0.3, -0.25) is 9.69 Å². The molecule has 1 aliphatic heterocycles. The Morgan fingerprint density at radius 2 is 1.74 bits per heavy atom. The SMILES string of the molecule is CC[C@]1(c2ccc(F)cc2)NC(=O)N(Cc2cccc(C(F)(F)F)c2)C1=O. The fourth-order valence-corrected chi connectivity index (χ4v) is 3.17. The highest BCUT2D eigenvalue weighted by Crippen LogP contribution is 2.34. The van der Waals surface area contributed by atoms with E-state index < -0.39 is 35.0 Å². The smallest absolute Gasteiger partial charge is 0.319 e. The molecule has 0 aromatic heterocycles. The summed E-state index contributed by atoms with van der Waals surface area (Å²) >= 11 is 0. The summed E-state index contributed by atoms with van der Waals surface area (Å²) in [5, 5.41) is 2.61. The van der Waals surface area contributed by atoms with Crippen LogP contribution in [0.3, 0.4) is 0 Å². The van der Waals surface area contributed by atoms with Gasteiger partial charge in [0, 0.05) is 0 Å². The molecule has 0 aliphatic carbocycles. The second kappa shape index (κ2) is 6.68. The van der Waals surface area contributed by atoms with Crippen molar-refractivity contribution in [1.82, 2.24) is 10.2 Å². The van der Waals surface area contributed by atoms with Gasteiger partial charge in [-0.15, -0.1) is 0 Å². The molecule has 4 nitrogen and oxygen atoms in total. The molecule has 0 saturated carbocycles. The number of carbonyl (C=O) groups is 2. The van der Waals surface area contributed by atoms with Crippen LogP contribution in [0, 0.1) is 5.82 Å². The van der Waals surface area contributed by atoms with Crippen LogP contribution in [0.1, 0.15) is 30.0 Å². The largest absolute Gasteiger partial charge is 0.416 e. The lowest BCUT2D eigenvalue weighted by molar-refractivity contribution is -0.137. The number of hydrogen-bond donors (Lipinski definition) is 1. The topological polar surface area (TPSA) is 49.4 Å². The zero-order valence-corrected chi connectivity index (χ0v) is 14.3. The number of rotatable bonds is 4. The first-order chi connectivity index (χ1) is 12.7. The molecule has 2 aromatic carbocycles. The molecule has 0 spiro atoms. The first kappa shape index (κ1) is 18.9. The van der Waals surface area contributed by atoms with Crippen molar-refractivity contribution in [3.05, 3.63) is 71.0 Å². The van der Waals surface area contributed by atoms with Crippen LogP contribution in [-0.4, -0.2) is 16.8 Å². The summed E-state index contributed by atoms with van der Waals surface area (Å²) in [7, 11) is 0. The van der Waals surface area contributed by atoms with Crippen molar-refractivity contribution in [3.63, 3.8) is 0 Å². The summed E-state index contributed by atoms with van der Waals surface area (Å²) < 4.78 is 51.8. The summed E-state index contributed by atoms with van der Waals surface area (Å²) in [6.45, 7) is 1.40. The third-order valence-electron chi connectivity index (χ3n) is 4.64. The molecule has 2 aromatic rings. The molecule has 1 saturated heterocycles. The molecular formula is C19H16F4N2O2. The maximum atomic E-state index is 13.2. The van der Waals surface area contributed by atoms with Crippen molar-refractivity contribution in [2.24, 2.45) is 0 Å². The Morgan fingerprint density at radius 3 is 2.33 bits per heavy atom. The van der Waals surface area contributed by atoms with Crippen LogP contribution in [0.4, 0.5) is 22.4 Å². The Labute approximate surface area is 152 Å². The number of halogens is 4. The highest BCUT2D eigenvalue weighted by molar-refractivity contribution is 6.07. The molecule has 0 radical (unpaired) electrons. The van der Waals surface area contributed by atoms with E-state index in [4.69, 9.17) is 0 Å². The van der Waals surface area contributed by atoms with Gasteiger partial charge in [0.15, 0.2) is 0 Å². The maximum Gasteiger partial charge on any atom is 0.416 e. The minimum Gasteiger partial charge on any atom is -0.319 e. The summed E-state index contributed by atoms with van der Waals surface area (Å²) in [5.41, 5.74) is -1.63. The minimum atomic E-state index is -4.52. The van der Waals surface area contributed by atoms with Crippen molar-refractivity contribution >= 4 is 11.9 Å². The lowest BCUT2D eigenvalue weighted by atomic mass is 9.87. The van der Waals surface area contributed by atoms with E-state index in [2.05, 4.69) is 5.32 Å². The van der Waals surface area contributed by atoms with Gasteiger partial charge in [0.05, 0.1) is 12.1 Å². The van der Waals surface area contributed by atoms with Crippen molar-refractivity contribution < 1.29 is 27.2 Å². The third kappa shape index (κ3) is 3.39. The number of amides is 3. The Kier molecular flexibility index (Phi) is 4.67. The number of hydrogen-bond acceptors (Lipinski definition) is 2. The monoisotopic (exact) mass is 380 g/mol. The molecule has 0 unspecified atom stereocenters. The molecule has 1 heterocycles. The average molecular weight is 380 g/mol. The zero-order valence-electron chi connectivity index (χ0n) is 14.3. The molecule has 8 heteroatoms. The van der Waals surface area contributed by atoms with Crippen LogP contribution in [0.2, 0.25) is 0 Å². The quantitative estimate of drug-likeness (QED) is 0.638. The fourth-order valence-electron chi connectivity index (χ4n) is 3.17. The summed E-state index contributed by atoms with van der Waals surface area (Å²) in [6.07, 6.45) is -4.31. The third-order valence-corrected chi connectivity index (χ3v) is 4.64. The fraction of sp³-hybridized carbons (Fsp3) is 0.263. The van der Waals surface area contributed by atoms with E-state index in [9.17, 15) is 27.2 Å². The van der Waals surface area contributed by atoms with Crippen molar-refractivity contribution in [3.8, 4) is 0 Å². The summed E-state index contributed by atoms with van der Waals surface area (Å²) in [4.78, 5) is 26.2. The van der Waals surface area contributed by atoms with Gasteiger partial charge in [-0.05, 0) is 41.8 Å². The Bertz CT molecular complexity index is 880. The van der Waals surface area contributed by atoms with E-state index in [1.165, 1.54) is 36.4 Å². The van der Waals surface area contributed by atoms with Gasteiger partial charge in [-0.25, -0.2) is 9.18 Å². The highest BCUT2D eigenvalue weighted by Gasteiger charge is 2.51. The number of urea groups is 1. The second-order valence-corrected chi connectivity index (χ2v) is 6.29. The second-order valence-electron chi connectivity index (χ2n) is 6.29. The molecular weight excluding hydrogens is 364 g/mol. The van der Waals surface area contributed by atoms with Crippen molar-refractivity contribution in [1.29, 1.82) is 0 Å². The lowest BCUT2D eigenvalue weighted by Gasteiger charge is -2.25.